The van der Waals surface area contributed by atoms with Gasteiger partial charge in [0.25, 0.3) is 10.0 Å². The molecule has 2 aliphatic heterocycles. The fourth-order valence-electron chi connectivity index (χ4n) is 3.66. The van der Waals surface area contributed by atoms with Crippen molar-refractivity contribution >= 4 is 21.8 Å². The summed E-state index contributed by atoms with van der Waals surface area (Å²) in [7, 11) is -3.70. The standard InChI is InChI=1S/C20H23N3O5S/c24-20(21-10-5-12-27-14-15-6-4-13-28-15)17-8-3-11-23(17)19-16-7-1-2-9-18(16)29(25,26)22-19/h1-2,4,6-7,9,13,17H,3,5,8,10-12,14H2,(H,21,24)/t17-/m0/s1. The lowest BCUT2D eigenvalue weighted by Crippen LogP contribution is -2.46. The molecule has 1 aromatic heterocycles. The average molecular weight is 417 g/mol. The lowest BCUT2D eigenvalue weighted by molar-refractivity contribution is -0.124. The quantitative estimate of drug-likeness (QED) is 0.691. The van der Waals surface area contributed by atoms with Crippen LogP contribution in [0, 0.1) is 0 Å². The molecule has 0 bridgehead atoms. The van der Waals surface area contributed by atoms with Gasteiger partial charge in [0.15, 0.2) is 5.84 Å². The third-order valence-electron chi connectivity index (χ3n) is 5.03. The summed E-state index contributed by atoms with van der Waals surface area (Å²) in [5.41, 5.74) is 0.568. The molecular formula is C20H23N3O5S. The molecule has 29 heavy (non-hydrogen) atoms. The van der Waals surface area contributed by atoms with Gasteiger partial charge in [-0.15, -0.1) is 4.40 Å². The molecule has 1 aromatic carbocycles. The van der Waals surface area contributed by atoms with E-state index in [-0.39, 0.29) is 10.8 Å². The zero-order valence-corrected chi connectivity index (χ0v) is 16.7. The highest BCUT2D eigenvalue weighted by molar-refractivity contribution is 7.90. The lowest BCUT2D eigenvalue weighted by atomic mass is 10.1. The number of likely N-dealkylation sites (tertiary alicyclic amines) is 1. The maximum Gasteiger partial charge on any atom is 0.285 e. The largest absolute Gasteiger partial charge is 0.467 e. The van der Waals surface area contributed by atoms with Gasteiger partial charge in [-0.1, -0.05) is 12.1 Å². The van der Waals surface area contributed by atoms with Crippen LogP contribution in [0.2, 0.25) is 0 Å². The van der Waals surface area contributed by atoms with Crippen molar-refractivity contribution in [3.8, 4) is 0 Å². The summed E-state index contributed by atoms with van der Waals surface area (Å²) < 4.78 is 39.3. The molecule has 1 N–H and O–H groups in total. The Kier molecular flexibility index (Phi) is 5.68. The summed E-state index contributed by atoms with van der Waals surface area (Å²) in [5.74, 6) is 1.03. The van der Waals surface area contributed by atoms with Crippen molar-refractivity contribution in [3.05, 3.63) is 54.0 Å². The number of benzene rings is 1. The predicted octanol–water partition coefficient (Wildman–Crippen LogP) is 1.92. The minimum Gasteiger partial charge on any atom is -0.467 e. The molecule has 0 unspecified atom stereocenters. The van der Waals surface area contributed by atoms with Crippen LogP contribution in [0.4, 0.5) is 0 Å². The van der Waals surface area contributed by atoms with E-state index in [0.717, 1.165) is 12.2 Å². The molecule has 2 aromatic rings. The van der Waals surface area contributed by atoms with Crippen molar-refractivity contribution in [2.24, 2.45) is 4.40 Å². The van der Waals surface area contributed by atoms with Gasteiger partial charge in [-0.2, -0.15) is 8.42 Å². The number of nitrogens with zero attached hydrogens (tertiary/aromatic N) is 2. The van der Waals surface area contributed by atoms with E-state index in [2.05, 4.69) is 9.71 Å². The van der Waals surface area contributed by atoms with Gasteiger partial charge in [0, 0.05) is 25.3 Å². The maximum atomic E-state index is 12.7. The summed E-state index contributed by atoms with van der Waals surface area (Å²) in [6.07, 6.45) is 3.76. The van der Waals surface area contributed by atoms with Crippen molar-refractivity contribution in [2.45, 2.75) is 36.8 Å². The first-order valence-corrected chi connectivity index (χ1v) is 11.1. The second-order valence-electron chi connectivity index (χ2n) is 7.01. The van der Waals surface area contributed by atoms with Crippen LogP contribution in [0.15, 0.2) is 56.4 Å². The number of furan rings is 1. The Bertz CT molecular complexity index is 1000. The molecule has 0 aliphatic carbocycles. The number of carbonyl (C=O) groups excluding carboxylic acids is 1. The van der Waals surface area contributed by atoms with Crippen LogP contribution < -0.4 is 5.32 Å². The van der Waals surface area contributed by atoms with Crippen LogP contribution in [-0.2, 0) is 26.2 Å². The molecule has 1 amide bonds. The van der Waals surface area contributed by atoms with E-state index in [0.29, 0.717) is 50.5 Å². The monoisotopic (exact) mass is 417 g/mol. The van der Waals surface area contributed by atoms with E-state index in [1.54, 1.807) is 30.5 Å². The van der Waals surface area contributed by atoms with Crippen molar-refractivity contribution in [2.75, 3.05) is 19.7 Å². The third kappa shape index (κ3) is 4.20. The smallest absolute Gasteiger partial charge is 0.285 e. The summed E-state index contributed by atoms with van der Waals surface area (Å²) in [5, 5.41) is 2.93. The molecule has 0 saturated carbocycles. The first kappa shape index (κ1) is 19.7. The topological polar surface area (TPSA) is 101 Å². The van der Waals surface area contributed by atoms with Crippen LogP contribution in [-0.4, -0.2) is 50.8 Å². The van der Waals surface area contributed by atoms with Gasteiger partial charge >= 0.3 is 0 Å². The Morgan fingerprint density at radius 2 is 2.14 bits per heavy atom. The highest BCUT2D eigenvalue weighted by Crippen LogP contribution is 2.31. The van der Waals surface area contributed by atoms with Gasteiger partial charge in [-0.25, -0.2) is 0 Å². The van der Waals surface area contributed by atoms with Crippen molar-refractivity contribution in [1.29, 1.82) is 0 Å². The van der Waals surface area contributed by atoms with Gasteiger partial charge in [0.05, 0.1) is 6.26 Å². The average Bonchev–Trinajstić information content (AvgIpc) is 3.44. The number of sulfonamides is 1. The molecule has 1 saturated heterocycles. The highest BCUT2D eigenvalue weighted by atomic mass is 32.2. The van der Waals surface area contributed by atoms with E-state index >= 15 is 0 Å². The number of fused-ring (bicyclic) bond motifs is 1. The molecule has 2 aliphatic rings. The summed E-state index contributed by atoms with van der Waals surface area (Å²) in [4.78, 5) is 14.7. The van der Waals surface area contributed by atoms with E-state index < -0.39 is 16.1 Å². The molecule has 4 rings (SSSR count). The molecule has 154 valence electrons. The fraction of sp³-hybridized carbons (Fsp3) is 0.400. The molecule has 8 nitrogen and oxygen atoms in total. The first-order valence-electron chi connectivity index (χ1n) is 9.65. The highest BCUT2D eigenvalue weighted by Gasteiger charge is 2.38. The van der Waals surface area contributed by atoms with Crippen LogP contribution in [0.5, 0.6) is 0 Å². The summed E-state index contributed by atoms with van der Waals surface area (Å²) >= 11 is 0. The molecule has 9 heteroatoms. The van der Waals surface area contributed by atoms with E-state index in [1.807, 2.05) is 17.0 Å². The van der Waals surface area contributed by atoms with Gasteiger partial charge in [-0.05, 0) is 43.5 Å². The van der Waals surface area contributed by atoms with Crippen LogP contribution in [0.1, 0.15) is 30.6 Å². The summed E-state index contributed by atoms with van der Waals surface area (Å²) in [6.45, 7) is 2.01. The van der Waals surface area contributed by atoms with Gasteiger partial charge < -0.3 is 19.4 Å². The minimum atomic E-state index is -3.70. The SMILES string of the molecule is O=C(NCCCOCc1ccco1)[C@@H]1CCCN1C1=NS(=O)(=O)c2ccccc21. The van der Waals surface area contributed by atoms with Crippen LogP contribution in [0.3, 0.4) is 0 Å². The van der Waals surface area contributed by atoms with Crippen molar-refractivity contribution < 1.29 is 22.4 Å². The Morgan fingerprint density at radius 1 is 1.28 bits per heavy atom. The Morgan fingerprint density at radius 3 is 2.97 bits per heavy atom. The molecule has 0 radical (unpaired) electrons. The summed E-state index contributed by atoms with van der Waals surface area (Å²) in [6, 6.07) is 9.99. The van der Waals surface area contributed by atoms with Gasteiger partial charge in [0.2, 0.25) is 5.91 Å². The zero-order valence-electron chi connectivity index (χ0n) is 15.9. The fourth-order valence-corrected chi connectivity index (χ4v) is 4.88. The molecule has 0 spiro atoms. The number of hydrogen-bond donors (Lipinski definition) is 1. The number of amidine groups is 1. The van der Waals surface area contributed by atoms with Crippen molar-refractivity contribution in [3.63, 3.8) is 0 Å². The molecule has 1 atom stereocenters. The van der Waals surface area contributed by atoms with E-state index in [9.17, 15) is 13.2 Å². The van der Waals surface area contributed by atoms with E-state index in [1.165, 1.54) is 0 Å². The van der Waals surface area contributed by atoms with E-state index in [4.69, 9.17) is 9.15 Å². The Balaban J connectivity index is 1.31. The maximum absolute atomic E-state index is 12.7. The number of hydrogen-bond acceptors (Lipinski definition) is 6. The van der Waals surface area contributed by atoms with Crippen LogP contribution >= 0.6 is 0 Å². The van der Waals surface area contributed by atoms with Crippen molar-refractivity contribution in [1.82, 2.24) is 10.2 Å². The third-order valence-corrected chi connectivity index (χ3v) is 6.35. The number of nitrogens with one attached hydrogen (secondary N) is 1. The van der Waals surface area contributed by atoms with Crippen LogP contribution in [0.25, 0.3) is 0 Å². The second kappa shape index (κ2) is 8.38. The zero-order chi connectivity index (χ0) is 20.3. The van der Waals surface area contributed by atoms with Gasteiger partial charge in [-0.3, -0.25) is 4.79 Å². The number of amides is 1. The Labute approximate surface area is 169 Å². The molecule has 3 heterocycles. The number of ether oxygens (including phenoxy) is 1. The lowest BCUT2D eigenvalue weighted by Gasteiger charge is -2.25. The first-order chi connectivity index (χ1) is 14.1. The minimum absolute atomic E-state index is 0.113. The molecule has 1 fully saturated rings. The predicted molar refractivity (Wildman–Crippen MR) is 106 cm³/mol. The number of carbonyl (C=O) groups is 1. The van der Waals surface area contributed by atoms with Gasteiger partial charge in [0.1, 0.15) is 23.3 Å². The molecular weight excluding hydrogens is 394 g/mol. The Hall–Kier alpha value is -2.65. The number of rotatable bonds is 7. The normalized spacial score (nSPS) is 19.8. The second-order valence-corrected chi connectivity index (χ2v) is 8.59.